The molecule has 0 unspecified atom stereocenters. The van der Waals surface area contributed by atoms with Gasteiger partial charge in [0.25, 0.3) is 5.56 Å². The summed E-state index contributed by atoms with van der Waals surface area (Å²) in [5.41, 5.74) is 0.390. The maximum atomic E-state index is 12.5. The van der Waals surface area contributed by atoms with E-state index in [-0.39, 0.29) is 11.5 Å². The largest absolute Gasteiger partial charge is 0.326 e. The van der Waals surface area contributed by atoms with Gasteiger partial charge in [0.2, 0.25) is 5.91 Å². The number of H-pyrrole nitrogens is 1. The zero-order chi connectivity index (χ0) is 18.0. The molecule has 3 aromatic rings. The third kappa shape index (κ3) is 3.61. The summed E-state index contributed by atoms with van der Waals surface area (Å²) in [5, 5.41) is 3.13. The summed E-state index contributed by atoms with van der Waals surface area (Å²) in [6, 6.07) is 13.7. The van der Waals surface area contributed by atoms with Crippen molar-refractivity contribution >= 4 is 22.8 Å². The average Bonchev–Trinajstić information content (AvgIpc) is 2.98. The van der Waals surface area contributed by atoms with Crippen molar-refractivity contribution < 1.29 is 4.79 Å². The quantitative estimate of drug-likeness (QED) is 0.671. The van der Waals surface area contributed by atoms with Gasteiger partial charge in [0.05, 0.1) is 5.39 Å². The van der Waals surface area contributed by atoms with Crippen LogP contribution in [0.1, 0.15) is 26.3 Å². The van der Waals surface area contributed by atoms with Crippen LogP contribution < -0.4 is 10.9 Å². The van der Waals surface area contributed by atoms with Crippen molar-refractivity contribution in [2.75, 3.05) is 5.32 Å². The smallest absolute Gasteiger partial charge is 0.274 e. The Labute approximate surface area is 144 Å². The van der Waals surface area contributed by atoms with Gasteiger partial charge < -0.3 is 10.3 Å². The van der Waals surface area contributed by atoms with Crippen LogP contribution >= 0.6 is 0 Å². The Morgan fingerprint density at radius 1 is 1.24 bits per heavy atom. The Kier molecular flexibility index (Phi) is 4.15. The van der Waals surface area contributed by atoms with E-state index in [0.29, 0.717) is 16.9 Å². The number of aromatic nitrogens is 3. The fraction of sp³-hybridized carbons (Fsp3) is 0.211. The molecule has 2 heterocycles. The zero-order valence-electron chi connectivity index (χ0n) is 14.3. The minimum absolute atomic E-state index is 0.150. The highest BCUT2D eigenvalue weighted by Gasteiger charge is 2.22. The molecule has 6 heteroatoms. The lowest BCUT2D eigenvalue weighted by Gasteiger charge is -2.16. The lowest BCUT2D eigenvalue weighted by Crippen LogP contribution is -2.27. The highest BCUT2D eigenvalue weighted by Crippen LogP contribution is 2.18. The third-order valence-electron chi connectivity index (χ3n) is 3.57. The van der Waals surface area contributed by atoms with Crippen molar-refractivity contribution in [2.24, 2.45) is 5.41 Å². The van der Waals surface area contributed by atoms with E-state index in [4.69, 9.17) is 0 Å². The summed E-state index contributed by atoms with van der Waals surface area (Å²) in [7, 11) is 0. The second-order valence-corrected chi connectivity index (χ2v) is 6.67. The monoisotopic (exact) mass is 334 g/mol. The molecule has 0 atom stereocenters. The molecule has 126 valence electrons. The van der Waals surface area contributed by atoms with Crippen molar-refractivity contribution in [3.05, 3.63) is 58.6 Å². The van der Waals surface area contributed by atoms with Crippen LogP contribution in [0.15, 0.2) is 47.5 Å². The molecule has 3 rings (SSSR count). The molecule has 2 N–H and O–H groups in total. The Morgan fingerprint density at radius 2 is 1.96 bits per heavy atom. The minimum Gasteiger partial charge on any atom is -0.326 e. The molecule has 1 aromatic carbocycles. The van der Waals surface area contributed by atoms with Gasteiger partial charge in [0.15, 0.2) is 0 Å². The van der Waals surface area contributed by atoms with E-state index in [2.05, 4.69) is 27.2 Å². The number of hydrogen-bond acceptors (Lipinski definition) is 3. The molecule has 0 fully saturated rings. The molecule has 0 aliphatic carbocycles. The third-order valence-corrected chi connectivity index (χ3v) is 3.57. The summed E-state index contributed by atoms with van der Waals surface area (Å²) >= 11 is 0. The summed E-state index contributed by atoms with van der Waals surface area (Å²) in [5.74, 6) is 3.21. The van der Waals surface area contributed by atoms with E-state index in [1.807, 2.05) is 51.1 Å². The van der Waals surface area contributed by atoms with Gasteiger partial charge in [-0.15, -0.1) is 0 Å². The van der Waals surface area contributed by atoms with E-state index < -0.39 is 5.41 Å². The number of anilines is 1. The second kappa shape index (κ2) is 6.29. The van der Waals surface area contributed by atoms with Crippen LogP contribution in [0.5, 0.6) is 0 Å². The van der Waals surface area contributed by atoms with Gasteiger partial charge in [-0.25, -0.2) is 9.55 Å². The Hall–Kier alpha value is -3.33. The number of rotatable bonds is 1. The van der Waals surface area contributed by atoms with Crippen LogP contribution in [-0.2, 0) is 4.79 Å². The number of carbonyl (C=O) groups is 1. The number of aromatic amines is 1. The van der Waals surface area contributed by atoms with E-state index in [1.165, 1.54) is 10.9 Å². The molecular weight excluding hydrogens is 316 g/mol. The maximum Gasteiger partial charge on any atom is 0.274 e. The predicted octanol–water partition coefficient (Wildman–Crippen LogP) is 2.57. The van der Waals surface area contributed by atoms with Crippen LogP contribution in [0.25, 0.3) is 11.0 Å². The molecule has 0 spiro atoms. The topological polar surface area (TPSA) is 79.8 Å². The molecular formula is C19H18N4O2. The summed E-state index contributed by atoms with van der Waals surface area (Å²) in [6.07, 6.45) is 1.37. The predicted molar refractivity (Wildman–Crippen MR) is 97.2 cm³/mol. The zero-order valence-corrected chi connectivity index (χ0v) is 14.3. The molecule has 0 saturated heterocycles. The van der Waals surface area contributed by atoms with Crippen molar-refractivity contribution in [2.45, 2.75) is 20.8 Å². The van der Waals surface area contributed by atoms with E-state index in [0.717, 1.165) is 5.56 Å². The molecule has 0 saturated carbocycles. The summed E-state index contributed by atoms with van der Waals surface area (Å²) < 4.78 is 1.23. The molecule has 2 aromatic heterocycles. The van der Waals surface area contributed by atoms with E-state index in [1.54, 1.807) is 6.07 Å². The number of fused-ring (bicyclic) bond motifs is 1. The fourth-order valence-corrected chi connectivity index (χ4v) is 2.11. The van der Waals surface area contributed by atoms with Gasteiger partial charge in [0, 0.05) is 17.0 Å². The summed E-state index contributed by atoms with van der Waals surface area (Å²) in [4.78, 5) is 31.7. The van der Waals surface area contributed by atoms with Gasteiger partial charge in [-0.3, -0.25) is 9.59 Å². The molecule has 0 aliphatic heterocycles. The first-order valence-electron chi connectivity index (χ1n) is 7.83. The van der Waals surface area contributed by atoms with Crippen molar-refractivity contribution in [3.63, 3.8) is 0 Å². The van der Waals surface area contributed by atoms with Gasteiger partial charge in [-0.2, -0.15) is 0 Å². The first-order chi connectivity index (χ1) is 11.8. The Morgan fingerprint density at radius 3 is 2.64 bits per heavy atom. The van der Waals surface area contributed by atoms with Crippen molar-refractivity contribution in [3.8, 4) is 12.0 Å². The van der Waals surface area contributed by atoms with E-state index in [9.17, 15) is 9.59 Å². The molecule has 0 radical (unpaired) electrons. The molecule has 0 aliphatic rings. The molecule has 25 heavy (non-hydrogen) atoms. The number of benzene rings is 1. The number of nitrogens with zero attached hydrogens (tertiary/aromatic N) is 2. The van der Waals surface area contributed by atoms with Crippen molar-refractivity contribution in [1.29, 1.82) is 0 Å². The lowest BCUT2D eigenvalue weighted by atomic mass is 9.96. The fourth-order valence-electron chi connectivity index (χ4n) is 2.11. The van der Waals surface area contributed by atoms with Crippen LogP contribution in [0.2, 0.25) is 0 Å². The van der Waals surface area contributed by atoms with Crippen molar-refractivity contribution in [1.82, 2.24) is 14.5 Å². The number of hydrogen-bond donors (Lipinski definition) is 2. The van der Waals surface area contributed by atoms with Gasteiger partial charge in [-0.05, 0) is 24.1 Å². The maximum absolute atomic E-state index is 12.5. The Bertz CT molecular complexity index is 1040. The molecule has 1 amide bonds. The number of amides is 1. The lowest BCUT2D eigenvalue weighted by molar-refractivity contribution is -0.123. The van der Waals surface area contributed by atoms with Crippen LogP contribution in [-0.4, -0.2) is 20.4 Å². The first-order valence-corrected chi connectivity index (χ1v) is 7.83. The minimum atomic E-state index is -0.536. The molecule has 0 bridgehead atoms. The summed E-state index contributed by atoms with van der Waals surface area (Å²) in [6.45, 7) is 5.44. The van der Waals surface area contributed by atoms with Crippen LogP contribution in [0.3, 0.4) is 0 Å². The Balaban J connectivity index is 1.94. The van der Waals surface area contributed by atoms with Crippen LogP contribution in [0.4, 0.5) is 5.82 Å². The number of nitrogens with one attached hydrogen (secondary N) is 2. The van der Waals surface area contributed by atoms with Gasteiger partial charge in [-0.1, -0.05) is 39.0 Å². The SMILES string of the molecule is CC(C)(C)C(=O)Nc1cc2c(=O)n(C#Cc3ccccc3)cnc2[nH]1. The van der Waals surface area contributed by atoms with Gasteiger partial charge in [0.1, 0.15) is 17.8 Å². The van der Waals surface area contributed by atoms with E-state index >= 15 is 0 Å². The second-order valence-electron chi connectivity index (χ2n) is 6.67. The van der Waals surface area contributed by atoms with Gasteiger partial charge >= 0.3 is 0 Å². The standard InChI is InChI=1S/C19H18N4O2/c1-19(2,3)18(25)22-15-11-14-16(21-15)20-12-23(17(14)24)10-9-13-7-5-4-6-8-13/h4-8,11-12,21H,1-3H3,(H,22,25). The highest BCUT2D eigenvalue weighted by molar-refractivity contribution is 5.96. The molecule has 6 nitrogen and oxygen atoms in total. The highest BCUT2D eigenvalue weighted by atomic mass is 16.2. The average molecular weight is 334 g/mol. The number of carbonyl (C=O) groups excluding carboxylic acids is 1. The first kappa shape index (κ1) is 16.5. The normalized spacial score (nSPS) is 11.0. The van der Waals surface area contributed by atoms with Crippen LogP contribution in [0, 0.1) is 17.4 Å².